The van der Waals surface area contributed by atoms with Gasteiger partial charge in [0.1, 0.15) is 16.5 Å². The molecule has 1 amide bonds. The molecular formula is C26H30N2O3S. The van der Waals surface area contributed by atoms with Gasteiger partial charge in [-0.25, -0.2) is 4.98 Å². The largest absolute Gasteiger partial charge is 0.469 e. The van der Waals surface area contributed by atoms with E-state index >= 15 is 0 Å². The summed E-state index contributed by atoms with van der Waals surface area (Å²) in [6, 6.07) is 12.4. The first-order chi connectivity index (χ1) is 15.4. The molecule has 0 N–H and O–H groups in total. The second kappa shape index (κ2) is 9.41. The van der Waals surface area contributed by atoms with Crippen molar-refractivity contribution in [1.29, 1.82) is 0 Å². The van der Waals surface area contributed by atoms with E-state index < -0.39 is 5.41 Å². The summed E-state index contributed by atoms with van der Waals surface area (Å²) in [5, 5.41) is 0.816. The fraction of sp³-hybridized carbons (Fsp3) is 0.423. The summed E-state index contributed by atoms with van der Waals surface area (Å²) in [5.41, 5.74) is 2.48. The van der Waals surface area contributed by atoms with Gasteiger partial charge in [-0.2, -0.15) is 0 Å². The molecule has 1 aliphatic rings. The third-order valence-electron chi connectivity index (χ3n) is 6.29. The molecule has 2 heterocycles. The van der Waals surface area contributed by atoms with Crippen LogP contribution < -0.4 is 0 Å². The van der Waals surface area contributed by atoms with Crippen molar-refractivity contribution in [2.45, 2.75) is 64.8 Å². The molecule has 0 aliphatic heterocycles. The SMILES string of the molecule is CCc1ccc(C2(C(=O)N(CCCc3ccco3)Cc3nc(C(C)=O)c(C)s3)CC2)cc1. The highest BCUT2D eigenvalue weighted by atomic mass is 32.1. The molecule has 5 nitrogen and oxygen atoms in total. The topological polar surface area (TPSA) is 63.4 Å². The Hall–Kier alpha value is -2.73. The Balaban J connectivity index is 1.55. The molecule has 0 saturated heterocycles. The number of amides is 1. The van der Waals surface area contributed by atoms with Crippen LogP contribution in [0.1, 0.15) is 70.4 Å². The normalized spacial score (nSPS) is 14.3. The summed E-state index contributed by atoms with van der Waals surface area (Å²) in [7, 11) is 0. The van der Waals surface area contributed by atoms with Gasteiger partial charge in [-0.05, 0) is 55.9 Å². The number of rotatable bonds is 10. The van der Waals surface area contributed by atoms with Gasteiger partial charge in [-0.3, -0.25) is 9.59 Å². The number of furan rings is 1. The quantitative estimate of drug-likeness (QED) is 0.383. The van der Waals surface area contributed by atoms with Crippen LogP contribution in [0.15, 0.2) is 47.1 Å². The molecule has 0 atom stereocenters. The second-order valence-corrected chi connectivity index (χ2v) is 9.90. The minimum Gasteiger partial charge on any atom is -0.469 e. The van der Waals surface area contributed by atoms with Crippen LogP contribution in [-0.2, 0) is 29.6 Å². The maximum atomic E-state index is 13.8. The highest BCUT2D eigenvalue weighted by Crippen LogP contribution is 2.50. The highest BCUT2D eigenvalue weighted by Gasteiger charge is 2.53. The highest BCUT2D eigenvalue weighted by molar-refractivity contribution is 7.11. The Kier molecular flexibility index (Phi) is 6.60. The zero-order valence-electron chi connectivity index (χ0n) is 19.0. The fourth-order valence-electron chi connectivity index (χ4n) is 4.27. The molecule has 1 fully saturated rings. The summed E-state index contributed by atoms with van der Waals surface area (Å²) in [5.74, 6) is 1.06. The van der Waals surface area contributed by atoms with E-state index in [1.165, 1.54) is 23.8 Å². The van der Waals surface area contributed by atoms with E-state index in [0.717, 1.165) is 53.3 Å². The third kappa shape index (κ3) is 4.70. The number of aromatic nitrogens is 1. The lowest BCUT2D eigenvalue weighted by Gasteiger charge is -2.27. The van der Waals surface area contributed by atoms with Crippen molar-refractivity contribution in [3.63, 3.8) is 0 Å². The summed E-state index contributed by atoms with van der Waals surface area (Å²) in [6.07, 6.45) is 6.02. The first-order valence-electron chi connectivity index (χ1n) is 11.3. The first-order valence-corrected chi connectivity index (χ1v) is 12.1. The van der Waals surface area contributed by atoms with Gasteiger partial charge in [0, 0.05) is 24.8 Å². The van der Waals surface area contributed by atoms with Crippen LogP contribution in [0.25, 0.3) is 0 Å². The number of ketones is 1. The average molecular weight is 451 g/mol. The molecule has 1 saturated carbocycles. The van der Waals surface area contributed by atoms with Gasteiger partial charge >= 0.3 is 0 Å². The van der Waals surface area contributed by atoms with Gasteiger partial charge in [0.15, 0.2) is 5.78 Å². The van der Waals surface area contributed by atoms with Crippen LogP contribution in [0.3, 0.4) is 0 Å². The van der Waals surface area contributed by atoms with Crippen molar-refractivity contribution >= 4 is 23.0 Å². The number of Topliss-reactive ketones (excluding diaryl/α,β-unsaturated/α-hetero) is 1. The van der Waals surface area contributed by atoms with Crippen molar-refractivity contribution in [1.82, 2.24) is 9.88 Å². The van der Waals surface area contributed by atoms with Gasteiger partial charge in [0.05, 0.1) is 18.2 Å². The molecule has 3 aromatic rings. The number of thiazole rings is 1. The van der Waals surface area contributed by atoms with E-state index in [9.17, 15) is 9.59 Å². The van der Waals surface area contributed by atoms with Gasteiger partial charge < -0.3 is 9.32 Å². The molecular weight excluding hydrogens is 420 g/mol. The average Bonchev–Trinajstić information content (AvgIpc) is 3.26. The maximum Gasteiger partial charge on any atom is 0.233 e. The molecule has 6 heteroatoms. The van der Waals surface area contributed by atoms with E-state index in [0.29, 0.717) is 18.8 Å². The number of carbonyl (C=O) groups excluding carboxylic acids is 2. The van der Waals surface area contributed by atoms with Crippen molar-refractivity contribution in [2.24, 2.45) is 0 Å². The van der Waals surface area contributed by atoms with Gasteiger partial charge in [0.25, 0.3) is 0 Å². The number of nitrogens with zero attached hydrogens (tertiary/aromatic N) is 2. The predicted octanol–water partition coefficient (Wildman–Crippen LogP) is 5.50. The Morgan fingerprint density at radius 2 is 1.94 bits per heavy atom. The van der Waals surface area contributed by atoms with Crippen LogP contribution in [0.2, 0.25) is 0 Å². The monoisotopic (exact) mass is 450 g/mol. The third-order valence-corrected chi connectivity index (χ3v) is 7.25. The Labute approximate surface area is 193 Å². The number of carbonyl (C=O) groups is 2. The van der Waals surface area contributed by atoms with Crippen LogP contribution in [0, 0.1) is 6.92 Å². The smallest absolute Gasteiger partial charge is 0.233 e. The van der Waals surface area contributed by atoms with Crippen molar-refractivity contribution in [2.75, 3.05) is 6.54 Å². The Morgan fingerprint density at radius 1 is 1.19 bits per heavy atom. The van der Waals surface area contributed by atoms with Crippen LogP contribution in [0.4, 0.5) is 0 Å². The standard InChI is InChI=1S/C26H30N2O3S/c1-4-20-9-11-21(12-10-20)26(13-14-26)25(30)28(15-5-7-22-8-6-16-31-22)17-23-27-24(18(2)29)19(3)32-23/h6,8-12,16H,4-5,7,13-15,17H2,1-3H3. The molecule has 0 radical (unpaired) electrons. The van der Waals surface area contributed by atoms with Crippen LogP contribution in [-0.4, -0.2) is 28.1 Å². The van der Waals surface area contributed by atoms with Gasteiger partial charge in [0.2, 0.25) is 5.91 Å². The molecule has 1 aliphatic carbocycles. The number of hydrogen-bond acceptors (Lipinski definition) is 5. The van der Waals surface area contributed by atoms with Crippen molar-refractivity contribution in [3.8, 4) is 0 Å². The first kappa shape index (κ1) is 22.5. The number of aryl methyl sites for hydroxylation is 3. The molecule has 2 aromatic heterocycles. The van der Waals surface area contributed by atoms with E-state index in [4.69, 9.17) is 4.42 Å². The fourth-order valence-corrected chi connectivity index (χ4v) is 5.27. The van der Waals surface area contributed by atoms with Gasteiger partial charge in [-0.15, -0.1) is 11.3 Å². The van der Waals surface area contributed by atoms with Crippen LogP contribution in [0.5, 0.6) is 0 Å². The zero-order valence-corrected chi connectivity index (χ0v) is 19.8. The molecule has 0 unspecified atom stereocenters. The molecule has 0 spiro atoms. The number of benzene rings is 1. The van der Waals surface area contributed by atoms with E-state index in [2.05, 4.69) is 36.2 Å². The second-order valence-electron chi connectivity index (χ2n) is 8.61. The Morgan fingerprint density at radius 3 is 2.50 bits per heavy atom. The van der Waals surface area contributed by atoms with E-state index in [-0.39, 0.29) is 11.7 Å². The summed E-state index contributed by atoms with van der Waals surface area (Å²) >= 11 is 1.51. The Bertz CT molecular complexity index is 1080. The van der Waals surface area contributed by atoms with Crippen molar-refractivity contribution in [3.05, 3.63) is 75.1 Å². The van der Waals surface area contributed by atoms with Gasteiger partial charge in [-0.1, -0.05) is 31.2 Å². The predicted molar refractivity (Wildman–Crippen MR) is 126 cm³/mol. The van der Waals surface area contributed by atoms with Crippen molar-refractivity contribution < 1.29 is 14.0 Å². The van der Waals surface area contributed by atoms with E-state index in [1.807, 2.05) is 24.0 Å². The number of hydrogen-bond donors (Lipinski definition) is 0. The molecule has 4 rings (SSSR count). The molecule has 32 heavy (non-hydrogen) atoms. The summed E-state index contributed by atoms with van der Waals surface area (Å²) in [4.78, 5) is 33.1. The maximum absolute atomic E-state index is 13.8. The lowest BCUT2D eigenvalue weighted by atomic mass is 9.93. The van der Waals surface area contributed by atoms with E-state index in [1.54, 1.807) is 6.26 Å². The van der Waals surface area contributed by atoms with Crippen LogP contribution >= 0.6 is 11.3 Å². The lowest BCUT2D eigenvalue weighted by molar-refractivity contribution is -0.134. The minimum absolute atomic E-state index is 0.0321. The summed E-state index contributed by atoms with van der Waals surface area (Å²) < 4.78 is 5.46. The zero-order chi connectivity index (χ0) is 22.7. The molecule has 0 bridgehead atoms. The molecule has 168 valence electrons. The lowest BCUT2D eigenvalue weighted by Crippen LogP contribution is -2.39. The summed E-state index contributed by atoms with van der Waals surface area (Å²) in [6.45, 7) is 6.65. The minimum atomic E-state index is -0.424. The molecule has 1 aromatic carbocycles.